The van der Waals surface area contributed by atoms with Gasteiger partial charge in [-0.3, -0.25) is 4.79 Å². The normalized spacial score (nSPS) is 26.7. The van der Waals surface area contributed by atoms with E-state index in [1.807, 2.05) is 0 Å². The van der Waals surface area contributed by atoms with Crippen molar-refractivity contribution in [1.82, 2.24) is 0 Å². The summed E-state index contributed by atoms with van der Waals surface area (Å²) in [4.78, 5) is 21.2. The van der Waals surface area contributed by atoms with Gasteiger partial charge in [-0.15, -0.1) is 0 Å². The monoisotopic (exact) mass is 182 g/mol. The Balaban J connectivity index is 2.85. The van der Waals surface area contributed by atoms with Crippen LogP contribution in [0.5, 0.6) is 0 Å². The molecule has 0 saturated heterocycles. The molecule has 0 radical (unpaired) electrons. The maximum absolute atomic E-state index is 10.7. The minimum absolute atomic E-state index is 0.152. The van der Waals surface area contributed by atoms with E-state index in [0.717, 1.165) is 0 Å². The standard InChI is InChI=1S/C9H10O4/c1-9(8(12)13)4-2-6(3-5-9)7(10)11/h2-4H,5H2,1H3,(H,10,11)(H,12,13). The van der Waals surface area contributed by atoms with Crippen molar-refractivity contribution in [2.24, 2.45) is 5.41 Å². The predicted octanol–water partition coefficient (Wildman–Crippen LogP) is 1.05. The molecule has 4 heteroatoms. The zero-order chi connectivity index (χ0) is 10.1. The van der Waals surface area contributed by atoms with Crippen molar-refractivity contribution in [2.45, 2.75) is 13.3 Å². The van der Waals surface area contributed by atoms with Crippen LogP contribution >= 0.6 is 0 Å². The van der Waals surface area contributed by atoms with E-state index in [-0.39, 0.29) is 12.0 Å². The van der Waals surface area contributed by atoms with Gasteiger partial charge < -0.3 is 10.2 Å². The molecule has 13 heavy (non-hydrogen) atoms. The van der Waals surface area contributed by atoms with Crippen LogP contribution in [0.4, 0.5) is 0 Å². The summed E-state index contributed by atoms with van der Waals surface area (Å²) in [6.45, 7) is 1.56. The van der Waals surface area contributed by atoms with Crippen molar-refractivity contribution in [3.63, 3.8) is 0 Å². The van der Waals surface area contributed by atoms with Crippen LogP contribution < -0.4 is 0 Å². The molecule has 1 aliphatic carbocycles. The second kappa shape index (κ2) is 3.05. The minimum Gasteiger partial charge on any atom is -0.481 e. The van der Waals surface area contributed by atoms with E-state index in [4.69, 9.17) is 10.2 Å². The number of allylic oxidation sites excluding steroid dienone is 1. The Hall–Kier alpha value is -1.58. The fourth-order valence-electron chi connectivity index (χ4n) is 1.05. The molecule has 2 N–H and O–H groups in total. The van der Waals surface area contributed by atoms with Gasteiger partial charge in [0.05, 0.1) is 11.0 Å². The van der Waals surface area contributed by atoms with Crippen LogP contribution in [0.2, 0.25) is 0 Å². The fraction of sp³-hybridized carbons (Fsp3) is 0.333. The zero-order valence-electron chi connectivity index (χ0n) is 7.15. The van der Waals surface area contributed by atoms with E-state index >= 15 is 0 Å². The van der Waals surface area contributed by atoms with Crippen LogP contribution in [-0.4, -0.2) is 22.2 Å². The van der Waals surface area contributed by atoms with Gasteiger partial charge in [0.25, 0.3) is 0 Å². The van der Waals surface area contributed by atoms with Gasteiger partial charge in [-0.1, -0.05) is 18.2 Å². The maximum Gasteiger partial charge on any atom is 0.335 e. The second-order valence-electron chi connectivity index (χ2n) is 3.22. The maximum atomic E-state index is 10.7. The summed E-state index contributed by atoms with van der Waals surface area (Å²) < 4.78 is 0. The molecule has 0 spiro atoms. The zero-order valence-corrected chi connectivity index (χ0v) is 7.15. The highest BCUT2D eigenvalue weighted by atomic mass is 16.4. The Morgan fingerprint density at radius 3 is 2.38 bits per heavy atom. The summed E-state index contributed by atoms with van der Waals surface area (Å²) in [7, 11) is 0. The molecular weight excluding hydrogens is 172 g/mol. The number of carbonyl (C=O) groups is 2. The third-order valence-corrected chi connectivity index (χ3v) is 2.11. The number of hydrogen-bond donors (Lipinski definition) is 2. The third kappa shape index (κ3) is 1.77. The summed E-state index contributed by atoms with van der Waals surface area (Å²) in [5.41, 5.74) is -0.808. The molecule has 0 aromatic rings. The van der Waals surface area contributed by atoms with Crippen LogP contribution in [0.15, 0.2) is 23.8 Å². The van der Waals surface area contributed by atoms with Crippen molar-refractivity contribution >= 4 is 11.9 Å². The van der Waals surface area contributed by atoms with Gasteiger partial charge in [-0.25, -0.2) is 4.79 Å². The molecular formula is C9H10O4. The molecule has 1 unspecified atom stereocenters. The largest absolute Gasteiger partial charge is 0.481 e. The lowest BCUT2D eigenvalue weighted by Gasteiger charge is -2.21. The lowest BCUT2D eigenvalue weighted by Crippen LogP contribution is -2.26. The molecule has 70 valence electrons. The van der Waals surface area contributed by atoms with Crippen LogP contribution in [0, 0.1) is 5.41 Å². The van der Waals surface area contributed by atoms with Crippen molar-refractivity contribution in [3.8, 4) is 0 Å². The Labute approximate surface area is 75.2 Å². The molecule has 0 aromatic heterocycles. The smallest absolute Gasteiger partial charge is 0.335 e. The quantitative estimate of drug-likeness (QED) is 0.669. The van der Waals surface area contributed by atoms with Crippen LogP contribution in [-0.2, 0) is 9.59 Å². The Bertz CT molecular complexity index is 314. The number of carboxylic acid groups (broad SMARTS) is 2. The first-order chi connectivity index (χ1) is 5.96. The Morgan fingerprint density at radius 2 is 2.08 bits per heavy atom. The summed E-state index contributed by atoms with van der Waals surface area (Å²) in [5.74, 6) is -1.96. The molecule has 1 aliphatic rings. The van der Waals surface area contributed by atoms with E-state index < -0.39 is 17.4 Å². The molecule has 4 nitrogen and oxygen atoms in total. The Kier molecular flexibility index (Phi) is 2.23. The van der Waals surface area contributed by atoms with Crippen LogP contribution in [0.25, 0.3) is 0 Å². The molecule has 0 aliphatic heterocycles. The molecule has 0 heterocycles. The molecule has 0 amide bonds. The van der Waals surface area contributed by atoms with Gasteiger partial charge >= 0.3 is 11.9 Å². The molecule has 0 aromatic carbocycles. The van der Waals surface area contributed by atoms with E-state index in [1.165, 1.54) is 18.2 Å². The van der Waals surface area contributed by atoms with Crippen LogP contribution in [0.3, 0.4) is 0 Å². The Morgan fingerprint density at radius 1 is 1.46 bits per heavy atom. The lowest BCUT2D eigenvalue weighted by atomic mass is 9.82. The van der Waals surface area contributed by atoms with Gasteiger partial charge in [-0.2, -0.15) is 0 Å². The van der Waals surface area contributed by atoms with Crippen LogP contribution in [0.1, 0.15) is 13.3 Å². The first kappa shape index (κ1) is 9.51. The predicted molar refractivity (Wildman–Crippen MR) is 45.2 cm³/mol. The number of rotatable bonds is 2. The summed E-state index contributed by atoms with van der Waals surface area (Å²) in [5, 5.41) is 17.4. The van der Waals surface area contributed by atoms with E-state index in [0.29, 0.717) is 0 Å². The number of aliphatic carboxylic acids is 2. The SMILES string of the molecule is CC1(C(=O)O)C=CC(C(=O)O)=CC1. The van der Waals surface area contributed by atoms with Crippen molar-refractivity contribution in [3.05, 3.63) is 23.8 Å². The topological polar surface area (TPSA) is 74.6 Å². The average Bonchev–Trinajstić information content (AvgIpc) is 2.04. The van der Waals surface area contributed by atoms with Gasteiger partial charge in [0.1, 0.15) is 0 Å². The van der Waals surface area contributed by atoms with E-state index in [9.17, 15) is 9.59 Å². The van der Waals surface area contributed by atoms with Crippen molar-refractivity contribution in [2.75, 3.05) is 0 Å². The van der Waals surface area contributed by atoms with Gasteiger partial charge in [0.2, 0.25) is 0 Å². The number of carboxylic acids is 2. The van der Waals surface area contributed by atoms with Gasteiger partial charge in [-0.05, 0) is 13.3 Å². The van der Waals surface area contributed by atoms with E-state index in [2.05, 4.69) is 0 Å². The van der Waals surface area contributed by atoms with E-state index in [1.54, 1.807) is 6.92 Å². The average molecular weight is 182 g/mol. The lowest BCUT2D eigenvalue weighted by molar-refractivity contribution is -0.145. The molecule has 1 rings (SSSR count). The second-order valence-corrected chi connectivity index (χ2v) is 3.22. The summed E-state index contributed by atoms with van der Waals surface area (Å²) >= 11 is 0. The third-order valence-electron chi connectivity index (χ3n) is 2.11. The van der Waals surface area contributed by atoms with Crippen molar-refractivity contribution < 1.29 is 19.8 Å². The highest BCUT2D eigenvalue weighted by Gasteiger charge is 2.31. The summed E-state index contributed by atoms with van der Waals surface area (Å²) in [6, 6.07) is 0. The number of hydrogen-bond acceptors (Lipinski definition) is 2. The molecule has 0 fully saturated rings. The minimum atomic E-state index is -1.02. The van der Waals surface area contributed by atoms with Gasteiger partial charge in [0.15, 0.2) is 0 Å². The highest BCUT2D eigenvalue weighted by molar-refractivity contribution is 5.91. The first-order valence-electron chi connectivity index (χ1n) is 3.82. The first-order valence-corrected chi connectivity index (χ1v) is 3.82. The molecule has 0 bridgehead atoms. The summed E-state index contributed by atoms with van der Waals surface area (Å²) in [6.07, 6.45) is 4.40. The van der Waals surface area contributed by atoms with Crippen molar-refractivity contribution in [1.29, 1.82) is 0 Å². The molecule has 1 atom stereocenters. The fourth-order valence-corrected chi connectivity index (χ4v) is 1.05. The highest BCUT2D eigenvalue weighted by Crippen LogP contribution is 2.29. The molecule has 0 saturated carbocycles. The van der Waals surface area contributed by atoms with Gasteiger partial charge in [0, 0.05) is 0 Å².